The monoisotopic (exact) mass is 190 g/mol. The van der Waals surface area contributed by atoms with Gasteiger partial charge in [0.15, 0.2) is 0 Å². The van der Waals surface area contributed by atoms with Crippen molar-refractivity contribution in [2.75, 3.05) is 0 Å². The van der Waals surface area contributed by atoms with Crippen LogP contribution in [0.15, 0.2) is 24.8 Å². The van der Waals surface area contributed by atoms with Crippen LogP contribution in [0.3, 0.4) is 0 Å². The maximum atomic E-state index is 9.19. The molecule has 0 fully saturated rings. The van der Waals surface area contributed by atoms with Gasteiger partial charge in [0.1, 0.15) is 0 Å². The Kier molecular flexibility index (Phi) is 3.50. The van der Waals surface area contributed by atoms with Gasteiger partial charge in [0.05, 0.1) is 0 Å². The first kappa shape index (κ1) is 11.0. The molecule has 2 nitrogen and oxygen atoms in total. The summed E-state index contributed by atoms with van der Waals surface area (Å²) in [5.41, 5.74) is 2.49. The lowest BCUT2D eigenvalue weighted by atomic mass is 9.73. The zero-order chi connectivity index (χ0) is 10.7. The molecule has 0 unspecified atom stereocenters. The number of hydrogen-bond acceptors (Lipinski definition) is 2. The van der Waals surface area contributed by atoms with Crippen LogP contribution >= 0.6 is 0 Å². The Hall–Kier alpha value is -1.06. The summed E-state index contributed by atoms with van der Waals surface area (Å²) in [6.07, 6.45) is 1.74. The van der Waals surface area contributed by atoms with Gasteiger partial charge in [-0.3, -0.25) is 0 Å². The van der Waals surface area contributed by atoms with E-state index in [1.54, 1.807) is 18.2 Å². The van der Waals surface area contributed by atoms with Gasteiger partial charge >= 0.3 is 7.12 Å². The van der Waals surface area contributed by atoms with Crippen molar-refractivity contribution in [2.24, 2.45) is 0 Å². The molecule has 0 aliphatic heterocycles. The van der Waals surface area contributed by atoms with Crippen molar-refractivity contribution in [1.82, 2.24) is 0 Å². The molecule has 0 atom stereocenters. The van der Waals surface area contributed by atoms with E-state index >= 15 is 0 Å². The van der Waals surface area contributed by atoms with E-state index < -0.39 is 7.12 Å². The van der Waals surface area contributed by atoms with Gasteiger partial charge in [-0.2, -0.15) is 0 Å². The molecule has 0 aliphatic rings. The maximum absolute atomic E-state index is 9.19. The smallest absolute Gasteiger partial charge is 0.423 e. The van der Waals surface area contributed by atoms with E-state index in [4.69, 9.17) is 0 Å². The van der Waals surface area contributed by atoms with Crippen LogP contribution < -0.4 is 5.46 Å². The van der Waals surface area contributed by atoms with Gasteiger partial charge < -0.3 is 10.0 Å². The SMILES string of the molecule is C=Cc1cccc(B(O)O)c1C(C)C. The van der Waals surface area contributed by atoms with Crippen molar-refractivity contribution in [1.29, 1.82) is 0 Å². The molecule has 3 heteroatoms. The predicted molar refractivity (Wildman–Crippen MR) is 60.4 cm³/mol. The van der Waals surface area contributed by atoms with Crippen molar-refractivity contribution in [3.05, 3.63) is 35.9 Å². The van der Waals surface area contributed by atoms with Crippen molar-refractivity contribution in [3.8, 4) is 0 Å². The molecule has 2 N–H and O–H groups in total. The molecule has 0 radical (unpaired) electrons. The molecule has 1 rings (SSSR count). The number of benzene rings is 1. The van der Waals surface area contributed by atoms with Crippen LogP contribution in [-0.4, -0.2) is 17.2 Å². The van der Waals surface area contributed by atoms with E-state index in [2.05, 4.69) is 6.58 Å². The third-order valence-corrected chi connectivity index (χ3v) is 2.25. The first-order chi connectivity index (χ1) is 6.57. The molecule has 0 heterocycles. The van der Waals surface area contributed by atoms with Gasteiger partial charge in [-0.1, -0.05) is 44.7 Å². The van der Waals surface area contributed by atoms with Crippen molar-refractivity contribution in [3.63, 3.8) is 0 Å². The first-order valence-electron chi connectivity index (χ1n) is 4.69. The van der Waals surface area contributed by atoms with Crippen molar-refractivity contribution < 1.29 is 10.0 Å². The summed E-state index contributed by atoms with van der Waals surface area (Å²) < 4.78 is 0. The molecule has 0 spiro atoms. The molecule has 0 saturated heterocycles. The van der Waals surface area contributed by atoms with Crippen molar-refractivity contribution in [2.45, 2.75) is 19.8 Å². The Balaban J connectivity index is 3.35. The van der Waals surface area contributed by atoms with Gasteiger partial charge in [-0.05, 0) is 22.5 Å². The fourth-order valence-corrected chi connectivity index (χ4v) is 1.67. The number of rotatable bonds is 3. The first-order valence-corrected chi connectivity index (χ1v) is 4.69. The minimum absolute atomic E-state index is 0.251. The molecule has 74 valence electrons. The summed E-state index contributed by atoms with van der Waals surface area (Å²) in [5, 5.41) is 18.4. The predicted octanol–water partition coefficient (Wildman–Crippen LogP) is 1.13. The summed E-state index contributed by atoms with van der Waals surface area (Å²) in [4.78, 5) is 0. The zero-order valence-corrected chi connectivity index (χ0v) is 8.57. The summed E-state index contributed by atoms with van der Waals surface area (Å²) in [5.74, 6) is 0.251. The average molecular weight is 190 g/mol. The minimum atomic E-state index is -1.41. The summed E-state index contributed by atoms with van der Waals surface area (Å²) in [6.45, 7) is 7.76. The lowest BCUT2D eigenvalue weighted by Crippen LogP contribution is -2.34. The normalized spacial score (nSPS) is 10.4. The van der Waals surface area contributed by atoms with Crippen LogP contribution in [0.25, 0.3) is 6.08 Å². The van der Waals surface area contributed by atoms with Crippen LogP contribution in [0.5, 0.6) is 0 Å². The lowest BCUT2D eigenvalue weighted by molar-refractivity contribution is 0.425. The third kappa shape index (κ3) is 2.06. The second kappa shape index (κ2) is 4.44. The standard InChI is InChI=1S/C11H15BO2/c1-4-9-6-5-7-10(12(13)14)11(9)8(2)3/h4-8,13-14H,1H2,2-3H3. The Morgan fingerprint density at radius 3 is 2.43 bits per heavy atom. The Morgan fingerprint density at radius 2 is 2.00 bits per heavy atom. The van der Waals surface area contributed by atoms with Gasteiger partial charge in [-0.15, -0.1) is 0 Å². The minimum Gasteiger partial charge on any atom is -0.423 e. The van der Waals surface area contributed by atoms with E-state index in [1.807, 2.05) is 19.9 Å². The quantitative estimate of drug-likeness (QED) is 0.701. The van der Waals surface area contributed by atoms with Gasteiger partial charge in [-0.25, -0.2) is 0 Å². The van der Waals surface area contributed by atoms with Crippen LogP contribution in [0, 0.1) is 0 Å². The molecule has 14 heavy (non-hydrogen) atoms. The van der Waals surface area contributed by atoms with Crippen LogP contribution in [0.4, 0.5) is 0 Å². The molecule has 1 aromatic carbocycles. The van der Waals surface area contributed by atoms with Gasteiger partial charge in [0, 0.05) is 0 Å². The largest absolute Gasteiger partial charge is 0.488 e. The van der Waals surface area contributed by atoms with E-state index in [0.717, 1.165) is 11.1 Å². The van der Waals surface area contributed by atoms with Crippen molar-refractivity contribution >= 4 is 18.7 Å². The van der Waals surface area contributed by atoms with Crippen LogP contribution in [0.1, 0.15) is 30.9 Å². The highest BCUT2D eigenvalue weighted by molar-refractivity contribution is 6.59. The molecule has 0 amide bonds. The Morgan fingerprint density at radius 1 is 1.36 bits per heavy atom. The molecular formula is C11H15BO2. The Bertz CT molecular complexity index is 332. The third-order valence-electron chi connectivity index (χ3n) is 2.25. The van der Waals surface area contributed by atoms with E-state index in [0.29, 0.717) is 5.46 Å². The van der Waals surface area contributed by atoms with E-state index in [-0.39, 0.29) is 5.92 Å². The Labute approximate surface area is 85.0 Å². The maximum Gasteiger partial charge on any atom is 0.488 e. The summed E-state index contributed by atoms with van der Waals surface area (Å²) in [6, 6.07) is 5.46. The summed E-state index contributed by atoms with van der Waals surface area (Å²) >= 11 is 0. The van der Waals surface area contributed by atoms with E-state index in [1.165, 1.54) is 0 Å². The van der Waals surface area contributed by atoms with E-state index in [9.17, 15) is 10.0 Å². The summed E-state index contributed by atoms with van der Waals surface area (Å²) in [7, 11) is -1.41. The fourth-order valence-electron chi connectivity index (χ4n) is 1.67. The van der Waals surface area contributed by atoms with Gasteiger partial charge in [0.25, 0.3) is 0 Å². The van der Waals surface area contributed by atoms with Gasteiger partial charge in [0.2, 0.25) is 0 Å². The highest BCUT2D eigenvalue weighted by atomic mass is 16.4. The highest BCUT2D eigenvalue weighted by Crippen LogP contribution is 2.18. The molecule has 0 aliphatic carbocycles. The zero-order valence-electron chi connectivity index (χ0n) is 8.57. The second-order valence-electron chi connectivity index (χ2n) is 3.58. The molecule has 1 aromatic rings. The average Bonchev–Trinajstić information content (AvgIpc) is 2.16. The van der Waals surface area contributed by atoms with Crippen LogP contribution in [0.2, 0.25) is 0 Å². The molecule has 0 aromatic heterocycles. The highest BCUT2D eigenvalue weighted by Gasteiger charge is 2.19. The van der Waals surface area contributed by atoms with Crippen LogP contribution in [-0.2, 0) is 0 Å². The lowest BCUT2D eigenvalue weighted by Gasteiger charge is -2.15. The number of hydrogen-bond donors (Lipinski definition) is 2. The topological polar surface area (TPSA) is 40.5 Å². The molecular weight excluding hydrogens is 175 g/mol. The fraction of sp³-hybridized carbons (Fsp3) is 0.273. The molecule has 0 bridgehead atoms. The molecule has 0 saturated carbocycles. The second-order valence-corrected chi connectivity index (χ2v) is 3.58.